The highest BCUT2D eigenvalue weighted by atomic mass is 32.2. The summed E-state index contributed by atoms with van der Waals surface area (Å²) in [6.45, 7) is 6.91. The summed E-state index contributed by atoms with van der Waals surface area (Å²) >= 11 is 1.43. The monoisotopic (exact) mass is 200 g/mol. The zero-order valence-electron chi connectivity index (χ0n) is 8.37. The quantitative estimate of drug-likeness (QED) is 0.486. The highest BCUT2D eigenvalue weighted by molar-refractivity contribution is 8.00. The number of ketones is 1. The third-order valence-electron chi connectivity index (χ3n) is 2.35. The molecule has 0 N–H and O–H groups in total. The van der Waals surface area contributed by atoms with Crippen molar-refractivity contribution < 1.29 is 9.59 Å². The van der Waals surface area contributed by atoms with Crippen molar-refractivity contribution in [2.75, 3.05) is 6.26 Å². The predicted octanol–water partition coefficient (Wildman–Crippen LogP) is 2.09. The zero-order valence-corrected chi connectivity index (χ0v) is 9.19. The first kappa shape index (κ1) is 12.4. The van der Waals surface area contributed by atoms with Crippen LogP contribution in [0.15, 0.2) is 12.7 Å². The molecule has 0 amide bonds. The molecular weight excluding hydrogens is 184 g/mol. The molecule has 0 saturated heterocycles. The molecule has 2 unspecified atom stereocenters. The first-order valence-corrected chi connectivity index (χ1v) is 5.40. The van der Waals surface area contributed by atoms with Crippen LogP contribution in [-0.2, 0) is 9.59 Å². The molecule has 74 valence electrons. The first-order chi connectivity index (χ1) is 6.05. The van der Waals surface area contributed by atoms with Gasteiger partial charge in [-0.1, -0.05) is 13.0 Å². The molecule has 2 nitrogen and oxygen atoms in total. The SMILES string of the molecule is C=CCC(SC)(C(C)=O)C(C)C=O. The summed E-state index contributed by atoms with van der Waals surface area (Å²) in [5, 5.41) is 0. The van der Waals surface area contributed by atoms with Crippen LogP contribution in [0.1, 0.15) is 20.3 Å². The molecule has 0 aromatic heterocycles. The van der Waals surface area contributed by atoms with E-state index >= 15 is 0 Å². The molecular formula is C10H16O2S. The van der Waals surface area contributed by atoms with E-state index < -0.39 is 4.75 Å². The van der Waals surface area contributed by atoms with Gasteiger partial charge < -0.3 is 4.79 Å². The average Bonchev–Trinajstić information content (AvgIpc) is 2.12. The van der Waals surface area contributed by atoms with Crippen molar-refractivity contribution in [3.05, 3.63) is 12.7 Å². The van der Waals surface area contributed by atoms with Gasteiger partial charge in [-0.3, -0.25) is 4.79 Å². The van der Waals surface area contributed by atoms with Crippen molar-refractivity contribution in [3.63, 3.8) is 0 Å². The Hall–Kier alpha value is -0.570. The van der Waals surface area contributed by atoms with E-state index in [1.165, 1.54) is 18.7 Å². The summed E-state index contributed by atoms with van der Waals surface area (Å²) in [6, 6.07) is 0. The molecule has 0 aromatic rings. The van der Waals surface area contributed by atoms with Crippen molar-refractivity contribution in [2.24, 2.45) is 5.92 Å². The van der Waals surface area contributed by atoms with Crippen LogP contribution in [0.3, 0.4) is 0 Å². The molecule has 0 aromatic carbocycles. The minimum atomic E-state index is -0.608. The Morgan fingerprint density at radius 1 is 1.69 bits per heavy atom. The van der Waals surface area contributed by atoms with E-state index in [9.17, 15) is 9.59 Å². The van der Waals surface area contributed by atoms with E-state index in [0.717, 1.165) is 6.29 Å². The van der Waals surface area contributed by atoms with Gasteiger partial charge in [-0.15, -0.1) is 18.3 Å². The molecule has 0 aliphatic carbocycles. The number of carbonyl (C=O) groups excluding carboxylic acids is 2. The standard InChI is InChI=1S/C10H16O2S/c1-5-6-10(13-4,9(3)12)8(2)7-11/h5,7-8H,1,6H2,2-4H3. The number of Topliss-reactive ketones (excluding diaryl/α,β-unsaturated/α-hetero) is 1. The van der Waals surface area contributed by atoms with Crippen LogP contribution >= 0.6 is 11.8 Å². The molecule has 0 radical (unpaired) electrons. The number of hydrogen-bond donors (Lipinski definition) is 0. The number of aldehydes is 1. The molecule has 3 heteroatoms. The van der Waals surface area contributed by atoms with Crippen LogP contribution in [0.5, 0.6) is 0 Å². The highest BCUT2D eigenvalue weighted by Crippen LogP contribution is 2.35. The smallest absolute Gasteiger partial charge is 0.146 e. The molecule has 0 aliphatic heterocycles. The lowest BCUT2D eigenvalue weighted by atomic mass is 9.87. The summed E-state index contributed by atoms with van der Waals surface area (Å²) in [5.74, 6) is -0.225. The minimum absolute atomic E-state index is 0.0412. The summed E-state index contributed by atoms with van der Waals surface area (Å²) in [7, 11) is 0. The van der Waals surface area contributed by atoms with Gasteiger partial charge in [0.1, 0.15) is 12.1 Å². The van der Waals surface area contributed by atoms with Gasteiger partial charge in [0.25, 0.3) is 0 Å². The topological polar surface area (TPSA) is 34.1 Å². The van der Waals surface area contributed by atoms with Gasteiger partial charge in [-0.2, -0.15) is 0 Å². The number of carbonyl (C=O) groups is 2. The number of hydrogen-bond acceptors (Lipinski definition) is 3. The van der Waals surface area contributed by atoms with Crippen LogP contribution in [0, 0.1) is 5.92 Å². The Labute approximate surface area is 83.8 Å². The summed E-state index contributed by atoms with van der Waals surface area (Å²) in [5.41, 5.74) is 0. The van der Waals surface area contributed by atoms with Crippen LogP contribution in [-0.4, -0.2) is 23.1 Å². The lowest BCUT2D eigenvalue weighted by Gasteiger charge is -2.31. The molecule has 13 heavy (non-hydrogen) atoms. The first-order valence-electron chi connectivity index (χ1n) is 4.17. The maximum atomic E-state index is 11.5. The second kappa shape index (κ2) is 5.22. The fourth-order valence-electron chi connectivity index (χ4n) is 1.39. The number of rotatable bonds is 6. The fraction of sp³-hybridized carbons (Fsp3) is 0.600. The summed E-state index contributed by atoms with van der Waals surface area (Å²) in [6.07, 6.45) is 4.92. The van der Waals surface area contributed by atoms with Gasteiger partial charge in [0.2, 0.25) is 0 Å². The van der Waals surface area contributed by atoms with Gasteiger partial charge in [-0.25, -0.2) is 0 Å². The van der Waals surface area contributed by atoms with Gasteiger partial charge in [0.05, 0.1) is 4.75 Å². The van der Waals surface area contributed by atoms with E-state index in [4.69, 9.17) is 0 Å². The summed E-state index contributed by atoms with van der Waals surface area (Å²) < 4.78 is -0.608. The molecule has 2 atom stereocenters. The molecule has 0 spiro atoms. The third-order valence-corrected chi connectivity index (χ3v) is 3.90. The lowest BCUT2D eigenvalue weighted by molar-refractivity contribution is -0.123. The van der Waals surface area contributed by atoms with Gasteiger partial charge in [0, 0.05) is 5.92 Å². The number of allylic oxidation sites excluding steroid dienone is 1. The predicted molar refractivity (Wildman–Crippen MR) is 57.0 cm³/mol. The Balaban J connectivity index is 4.94. The van der Waals surface area contributed by atoms with Crippen LogP contribution in [0.25, 0.3) is 0 Å². The largest absolute Gasteiger partial charge is 0.303 e. The maximum absolute atomic E-state index is 11.5. The van der Waals surface area contributed by atoms with E-state index in [1.807, 2.05) is 6.26 Å². The van der Waals surface area contributed by atoms with Crippen LogP contribution in [0.4, 0.5) is 0 Å². The molecule has 0 fully saturated rings. The lowest BCUT2D eigenvalue weighted by Crippen LogP contribution is -2.40. The molecule has 0 bridgehead atoms. The Kier molecular flexibility index (Phi) is 4.99. The van der Waals surface area contributed by atoms with Crippen LogP contribution in [0.2, 0.25) is 0 Å². The van der Waals surface area contributed by atoms with Crippen molar-refractivity contribution in [1.29, 1.82) is 0 Å². The van der Waals surface area contributed by atoms with E-state index in [-0.39, 0.29) is 11.7 Å². The van der Waals surface area contributed by atoms with Crippen molar-refractivity contribution in [3.8, 4) is 0 Å². The van der Waals surface area contributed by atoms with Gasteiger partial charge in [-0.05, 0) is 19.6 Å². The van der Waals surface area contributed by atoms with Crippen molar-refractivity contribution in [2.45, 2.75) is 25.0 Å². The average molecular weight is 200 g/mol. The molecule has 0 aliphatic rings. The fourth-order valence-corrected chi connectivity index (χ4v) is 2.39. The van der Waals surface area contributed by atoms with Crippen molar-refractivity contribution >= 4 is 23.8 Å². The summed E-state index contributed by atoms with van der Waals surface area (Å²) in [4.78, 5) is 22.1. The minimum Gasteiger partial charge on any atom is -0.303 e. The highest BCUT2D eigenvalue weighted by Gasteiger charge is 2.38. The molecule has 0 saturated carbocycles. The Morgan fingerprint density at radius 2 is 2.23 bits per heavy atom. The molecule has 0 heterocycles. The van der Waals surface area contributed by atoms with Gasteiger partial charge in [0.15, 0.2) is 0 Å². The van der Waals surface area contributed by atoms with Gasteiger partial charge >= 0.3 is 0 Å². The van der Waals surface area contributed by atoms with E-state index in [0.29, 0.717) is 6.42 Å². The van der Waals surface area contributed by atoms with Crippen molar-refractivity contribution in [1.82, 2.24) is 0 Å². The Bertz CT molecular complexity index is 213. The number of thioether (sulfide) groups is 1. The second-order valence-corrected chi connectivity index (χ2v) is 4.20. The molecule has 0 rings (SSSR count). The normalized spacial score (nSPS) is 17.2. The Morgan fingerprint density at radius 3 is 2.46 bits per heavy atom. The van der Waals surface area contributed by atoms with E-state index in [2.05, 4.69) is 6.58 Å². The van der Waals surface area contributed by atoms with Crippen LogP contribution < -0.4 is 0 Å². The third kappa shape index (κ3) is 2.44. The maximum Gasteiger partial charge on any atom is 0.146 e. The second-order valence-electron chi connectivity index (χ2n) is 3.07. The zero-order chi connectivity index (χ0) is 10.5. The van der Waals surface area contributed by atoms with E-state index in [1.54, 1.807) is 13.0 Å².